The first-order valence-electron chi connectivity index (χ1n) is 13.7. The van der Waals surface area contributed by atoms with Gasteiger partial charge in [0.2, 0.25) is 0 Å². The van der Waals surface area contributed by atoms with Gasteiger partial charge < -0.3 is 18.8 Å². The van der Waals surface area contributed by atoms with Crippen LogP contribution in [0.15, 0.2) is 68.0 Å². The lowest BCUT2D eigenvalue weighted by Gasteiger charge is -2.26. The van der Waals surface area contributed by atoms with E-state index in [0.29, 0.717) is 43.2 Å². The molecule has 11 heteroatoms. The van der Waals surface area contributed by atoms with E-state index in [9.17, 15) is 14.0 Å². The molecule has 0 saturated heterocycles. The Labute approximate surface area is 260 Å². The van der Waals surface area contributed by atoms with Crippen LogP contribution in [0.25, 0.3) is 11.8 Å². The Morgan fingerprint density at radius 1 is 1.09 bits per heavy atom. The normalized spacial score (nSPS) is 14.9. The molecule has 1 atom stereocenters. The van der Waals surface area contributed by atoms with Gasteiger partial charge in [0.25, 0.3) is 5.56 Å². The third kappa shape index (κ3) is 5.59. The minimum atomic E-state index is -0.831. The van der Waals surface area contributed by atoms with Crippen LogP contribution < -0.4 is 24.4 Å². The Morgan fingerprint density at radius 2 is 1.81 bits per heavy atom. The zero-order valence-corrected chi connectivity index (χ0v) is 27.1. The van der Waals surface area contributed by atoms with Crippen LogP contribution in [0.3, 0.4) is 0 Å². The molecular formula is C32H31BrFN3O5S. The van der Waals surface area contributed by atoms with Crippen molar-refractivity contribution in [3.63, 3.8) is 0 Å². The molecule has 0 bridgehead atoms. The number of halogens is 2. The summed E-state index contributed by atoms with van der Waals surface area (Å²) in [5, 5.41) is 0. The van der Waals surface area contributed by atoms with Gasteiger partial charge in [-0.05, 0) is 94.3 Å². The summed E-state index contributed by atoms with van der Waals surface area (Å²) in [4.78, 5) is 32.6. The molecule has 0 aliphatic carbocycles. The summed E-state index contributed by atoms with van der Waals surface area (Å²) in [6, 6.07) is 11.0. The highest BCUT2D eigenvalue weighted by Crippen LogP contribution is 2.41. The summed E-state index contributed by atoms with van der Waals surface area (Å²) in [6.45, 7) is 9.87. The van der Waals surface area contributed by atoms with Gasteiger partial charge in [0.15, 0.2) is 16.3 Å². The number of fused-ring (bicyclic) bond motifs is 1. The van der Waals surface area contributed by atoms with E-state index in [-0.39, 0.29) is 23.6 Å². The van der Waals surface area contributed by atoms with Crippen LogP contribution in [0.1, 0.15) is 49.3 Å². The Bertz CT molecular complexity index is 1940. The standard InChI is InChI=1S/C32H31BrFN3O5S/c1-7-41-26-16-24(33)23(15-25(26)40-6)29-28(31(39)42-8-2)18(4)35-32-37(29)30(38)27(43-32)14-20-13-17(3)36(19(20)5)22-11-9-21(34)10-12-22/h9-16,29H,7-8H2,1-6H3/b27-14+/t29-/m0/s1. The first kappa shape index (κ1) is 30.5. The van der Waals surface area contributed by atoms with Gasteiger partial charge in [-0.15, -0.1) is 0 Å². The SMILES string of the molecule is CCOC(=O)C1=C(C)N=c2s/c(=C/c3cc(C)n(-c4ccc(F)cc4)c3C)c(=O)n2[C@H]1c1cc(OC)c(OCC)cc1Br. The highest BCUT2D eigenvalue weighted by molar-refractivity contribution is 9.10. The molecule has 1 aliphatic rings. The third-order valence-electron chi connectivity index (χ3n) is 7.24. The van der Waals surface area contributed by atoms with Gasteiger partial charge in [-0.3, -0.25) is 9.36 Å². The van der Waals surface area contributed by atoms with Crippen molar-refractivity contribution in [1.29, 1.82) is 0 Å². The zero-order valence-electron chi connectivity index (χ0n) is 24.7. The molecule has 2 aromatic heterocycles. The largest absolute Gasteiger partial charge is 0.493 e. The molecule has 0 saturated carbocycles. The van der Waals surface area contributed by atoms with Crippen LogP contribution in [0, 0.1) is 19.7 Å². The lowest BCUT2D eigenvalue weighted by molar-refractivity contribution is -0.139. The number of ether oxygens (including phenoxy) is 3. The fourth-order valence-electron chi connectivity index (χ4n) is 5.34. The minimum absolute atomic E-state index is 0.171. The topological polar surface area (TPSA) is 84.1 Å². The van der Waals surface area contributed by atoms with E-state index in [1.54, 1.807) is 38.1 Å². The number of carbonyl (C=O) groups excluding carboxylic acids is 1. The molecule has 0 N–H and O–H groups in total. The summed E-state index contributed by atoms with van der Waals surface area (Å²) in [5.74, 6) is 0.137. The Balaban J connectivity index is 1.72. The number of hydrogen-bond donors (Lipinski definition) is 0. The van der Waals surface area contributed by atoms with Gasteiger partial charge in [0.05, 0.1) is 42.2 Å². The fourth-order valence-corrected chi connectivity index (χ4v) is 6.91. The van der Waals surface area contributed by atoms with Gasteiger partial charge in [0.1, 0.15) is 5.82 Å². The van der Waals surface area contributed by atoms with Crippen molar-refractivity contribution < 1.29 is 23.4 Å². The summed E-state index contributed by atoms with van der Waals surface area (Å²) >= 11 is 4.90. The van der Waals surface area contributed by atoms with Crippen LogP contribution in [0.2, 0.25) is 0 Å². The van der Waals surface area contributed by atoms with Gasteiger partial charge in [-0.1, -0.05) is 27.3 Å². The maximum atomic E-state index is 14.2. The van der Waals surface area contributed by atoms with E-state index in [2.05, 4.69) is 20.9 Å². The average molecular weight is 669 g/mol. The summed E-state index contributed by atoms with van der Waals surface area (Å²) in [6.07, 6.45) is 1.83. The van der Waals surface area contributed by atoms with E-state index in [1.807, 2.05) is 37.5 Å². The van der Waals surface area contributed by atoms with E-state index in [1.165, 1.54) is 35.1 Å². The number of hydrogen-bond acceptors (Lipinski definition) is 7. The van der Waals surface area contributed by atoms with E-state index < -0.39 is 12.0 Å². The molecule has 43 heavy (non-hydrogen) atoms. The highest BCUT2D eigenvalue weighted by Gasteiger charge is 2.35. The molecule has 0 amide bonds. The number of methoxy groups -OCH3 is 1. The molecule has 2 aromatic carbocycles. The van der Waals surface area contributed by atoms with E-state index in [0.717, 1.165) is 22.6 Å². The predicted molar refractivity (Wildman–Crippen MR) is 167 cm³/mol. The van der Waals surface area contributed by atoms with Crippen LogP contribution >= 0.6 is 27.3 Å². The summed E-state index contributed by atoms with van der Waals surface area (Å²) in [5.41, 5.74) is 4.55. The van der Waals surface area contributed by atoms with Crippen molar-refractivity contribution in [2.24, 2.45) is 4.99 Å². The second-order valence-electron chi connectivity index (χ2n) is 9.90. The van der Waals surface area contributed by atoms with Crippen LogP contribution in [0.4, 0.5) is 4.39 Å². The van der Waals surface area contributed by atoms with E-state index >= 15 is 0 Å². The number of thiazole rings is 1. The van der Waals surface area contributed by atoms with Crippen molar-refractivity contribution in [2.75, 3.05) is 20.3 Å². The molecule has 1 aliphatic heterocycles. The van der Waals surface area contributed by atoms with Crippen molar-refractivity contribution in [1.82, 2.24) is 9.13 Å². The number of esters is 1. The fraction of sp³-hybridized carbons (Fsp3) is 0.281. The maximum absolute atomic E-state index is 14.2. The lowest BCUT2D eigenvalue weighted by Crippen LogP contribution is -2.40. The number of aryl methyl sites for hydroxylation is 1. The number of aromatic nitrogens is 2. The quantitative estimate of drug-likeness (QED) is 0.231. The summed E-state index contributed by atoms with van der Waals surface area (Å²) < 4.78 is 35.0. The second kappa shape index (κ2) is 12.3. The van der Waals surface area contributed by atoms with Crippen molar-refractivity contribution in [2.45, 2.75) is 40.7 Å². The minimum Gasteiger partial charge on any atom is -0.493 e. The molecule has 0 fully saturated rings. The molecule has 5 rings (SSSR count). The molecule has 0 unspecified atom stereocenters. The first-order chi connectivity index (χ1) is 20.6. The summed E-state index contributed by atoms with van der Waals surface area (Å²) in [7, 11) is 1.54. The maximum Gasteiger partial charge on any atom is 0.338 e. The molecule has 224 valence electrons. The molecule has 0 spiro atoms. The monoisotopic (exact) mass is 667 g/mol. The lowest BCUT2D eigenvalue weighted by atomic mass is 9.95. The van der Waals surface area contributed by atoms with Crippen molar-refractivity contribution in [3.05, 3.63) is 106 Å². The van der Waals surface area contributed by atoms with Crippen LogP contribution in [-0.4, -0.2) is 35.4 Å². The Kier molecular flexibility index (Phi) is 8.75. The molecule has 3 heterocycles. The number of rotatable bonds is 8. The average Bonchev–Trinajstić information content (AvgIpc) is 3.42. The van der Waals surface area contributed by atoms with Crippen molar-refractivity contribution >= 4 is 39.3 Å². The number of allylic oxidation sites excluding steroid dienone is 1. The van der Waals surface area contributed by atoms with Gasteiger partial charge >= 0.3 is 5.97 Å². The van der Waals surface area contributed by atoms with Gasteiger partial charge in [0, 0.05) is 21.5 Å². The highest BCUT2D eigenvalue weighted by atomic mass is 79.9. The zero-order chi connectivity index (χ0) is 31.0. The van der Waals surface area contributed by atoms with Crippen LogP contribution in [0.5, 0.6) is 11.5 Å². The Hall–Kier alpha value is -3.96. The number of nitrogens with zero attached hydrogens (tertiary/aromatic N) is 3. The molecule has 0 radical (unpaired) electrons. The molecule has 8 nitrogen and oxygen atoms in total. The molecule has 4 aromatic rings. The van der Waals surface area contributed by atoms with Crippen molar-refractivity contribution in [3.8, 4) is 17.2 Å². The first-order valence-corrected chi connectivity index (χ1v) is 15.3. The predicted octanol–water partition coefficient (Wildman–Crippen LogP) is 5.51. The van der Waals surface area contributed by atoms with Crippen LogP contribution in [-0.2, 0) is 9.53 Å². The molecular weight excluding hydrogens is 637 g/mol. The van der Waals surface area contributed by atoms with Gasteiger partial charge in [-0.25, -0.2) is 14.2 Å². The third-order valence-corrected chi connectivity index (χ3v) is 8.91. The Morgan fingerprint density at radius 3 is 2.47 bits per heavy atom. The number of benzene rings is 2. The smallest absolute Gasteiger partial charge is 0.338 e. The number of carbonyl (C=O) groups is 1. The van der Waals surface area contributed by atoms with E-state index in [4.69, 9.17) is 14.2 Å². The van der Waals surface area contributed by atoms with Gasteiger partial charge in [-0.2, -0.15) is 0 Å². The second-order valence-corrected chi connectivity index (χ2v) is 11.8.